The van der Waals surface area contributed by atoms with E-state index in [0.29, 0.717) is 45.0 Å². The number of hydrogen-bond donors (Lipinski definition) is 3. The highest BCUT2D eigenvalue weighted by Crippen LogP contribution is 2.03. The Morgan fingerprint density at radius 2 is 2.05 bits per heavy atom. The molecule has 8 nitrogen and oxygen atoms in total. The van der Waals surface area contributed by atoms with Crippen LogP contribution < -0.4 is 10.2 Å². The molecular formula is C12H18N4O4S. The van der Waals surface area contributed by atoms with Gasteiger partial charge in [0.15, 0.2) is 0 Å². The van der Waals surface area contributed by atoms with Gasteiger partial charge in [0.05, 0.1) is 13.0 Å². The number of thiazole rings is 1. The molecule has 1 aliphatic rings. The summed E-state index contributed by atoms with van der Waals surface area (Å²) in [6.45, 7) is 3.32. The first-order valence-corrected chi connectivity index (χ1v) is 7.56. The average molecular weight is 314 g/mol. The number of aromatic nitrogens is 1. The van der Waals surface area contributed by atoms with E-state index in [1.54, 1.807) is 10.3 Å². The summed E-state index contributed by atoms with van der Waals surface area (Å²) in [6, 6.07) is -0.167. The monoisotopic (exact) mass is 314 g/mol. The third kappa shape index (κ3) is 4.87. The van der Waals surface area contributed by atoms with E-state index in [9.17, 15) is 14.4 Å². The topological polar surface area (TPSA) is 106 Å². The van der Waals surface area contributed by atoms with Gasteiger partial charge in [0.2, 0.25) is 0 Å². The van der Waals surface area contributed by atoms with Gasteiger partial charge in [-0.3, -0.25) is 14.5 Å². The summed E-state index contributed by atoms with van der Waals surface area (Å²) in [4.78, 5) is 39.7. The Balaban J connectivity index is 1.70. The van der Waals surface area contributed by atoms with Crippen LogP contribution in [-0.4, -0.2) is 64.6 Å². The number of carbonyl (C=O) groups is 2. The molecule has 2 rings (SSSR count). The molecule has 3 N–H and O–H groups in total. The Bertz CT molecular complexity index is 547. The highest BCUT2D eigenvalue weighted by Gasteiger charge is 2.21. The van der Waals surface area contributed by atoms with E-state index < -0.39 is 5.97 Å². The number of H-pyrrole nitrogens is 1. The molecule has 1 saturated heterocycles. The molecule has 0 unspecified atom stereocenters. The summed E-state index contributed by atoms with van der Waals surface area (Å²) < 4.78 is 0. The Kier molecular flexibility index (Phi) is 5.34. The van der Waals surface area contributed by atoms with Gasteiger partial charge in [0, 0.05) is 43.8 Å². The minimum Gasteiger partial charge on any atom is -0.481 e. The largest absolute Gasteiger partial charge is 0.481 e. The van der Waals surface area contributed by atoms with Crippen molar-refractivity contribution < 1.29 is 14.7 Å². The van der Waals surface area contributed by atoms with Gasteiger partial charge in [0.1, 0.15) is 0 Å². The van der Waals surface area contributed by atoms with Gasteiger partial charge in [-0.05, 0) is 0 Å². The lowest BCUT2D eigenvalue weighted by Crippen LogP contribution is -2.51. The third-order valence-electron chi connectivity index (χ3n) is 3.30. The van der Waals surface area contributed by atoms with Gasteiger partial charge in [-0.1, -0.05) is 11.3 Å². The molecule has 1 fully saturated rings. The first kappa shape index (κ1) is 15.5. The van der Waals surface area contributed by atoms with Crippen LogP contribution in [0.2, 0.25) is 0 Å². The maximum Gasteiger partial charge on any atom is 0.317 e. The number of rotatable bonds is 5. The second-order valence-electron chi connectivity index (χ2n) is 4.80. The molecule has 2 heterocycles. The van der Waals surface area contributed by atoms with Crippen molar-refractivity contribution >= 4 is 23.3 Å². The molecule has 1 aromatic rings. The second-order valence-corrected chi connectivity index (χ2v) is 5.65. The first-order chi connectivity index (χ1) is 10.0. The second kappa shape index (κ2) is 7.23. The van der Waals surface area contributed by atoms with Crippen molar-refractivity contribution in [2.75, 3.05) is 32.7 Å². The van der Waals surface area contributed by atoms with E-state index in [1.807, 2.05) is 4.90 Å². The standard InChI is InChI=1S/C12H18N4O4S/c17-10(18)1-2-15-3-5-16(6-4-15)11(19)13-7-9-8-21-12(20)14-9/h8H,1-7H2,(H,13,19)(H,14,20)(H,17,18). The molecule has 0 aliphatic carbocycles. The van der Waals surface area contributed by atoms with Crippen molar-refractivity contribution in [2.24, 2.45) is 0 Å². The quantitative estimate of drug-likeness (QED) is 0.694. The third-order valence-corrected chi connectivity index (χ3v) is 4.02. The molecule has 0 saturated carbocycles. The lowest BCUT2D eigenvalue weighted by atomic mass is 10.3. The van der Waals surface area contributed by atoms with Gasteiger partial charge in [0.25, 0.3) is 0 Å². The summed E-state index contributed by atoms with van der Waals surface area (Å²) in [5.41, 5.74) is 0.693. The van der Waals surface area contributed by atoms with E-state index in [0.717, 1.165) is 11.3 Å². The van der Waals surface area contributed by atoms with Crippen LogP contribution in [0, 0.1) is 0 Å². The van der Waals surface area contributed by atoms with Gasteiger partial charge in [-0.15, -0.1) is 0 Å². The average Bonchev–Trinajstić information content (AvgIpc) is 2.89. The molecule has 0 spiro atoms. The number of nitrogens with zero attached hydrogens (tertiary/aromatic N) is 2. The van der Waals surface area contributed by atoms with Crippen LogP contribution in [-0.2, 0) is 11.3 Å². The van der Waals surface area contributed by atoms with Crippen molar-refractivity contribution in [1.82, 2.24) is 20.1 Å². The predicted octanol–water partition coefficient (Wildman–Crippen LogP) is -0.262. The number of urea groups is 1. The smallest absolute Gasteiger partial charge is 0.317 e. The Hall–Kier alpha value is -1.87. The number of hydrogen-bond acceptors (Lipinski definition) is 5. The Morgan fingerprint density at radius 3 is 2.62 bits per heavy atom. The van der Waals surface area contributed by atoms with Crippen LogP contribution in [0.1, 0.15) is 12.1 Å². The molecule has 2 amide bonds. The van der Waals surface area contributed by atoms with Crippen LogP contribution in [0.3, 0.4) is 0 Å². The van der Waals surface area contributed by atoms with Crippen LogP contribution in [0.5, 0.6) is 0 Å². The molecule has 21 heavy (non-hydrogen) atoms. The number of amides is 2. The van der Waals surface area contributed by atoms with E-state index in [2.05, 4.69) is 10.3 Å². The van der Waals surface area contributed by atoms with Gasteiger partial charge >= 0.3 is 16.9 Å². The summed E-state index contributed by atoms with van der Waals surface area (Å²) in [6.07, 6.45) is 0.123. The van der Waals surface area contributed by atoms with Gasteiger partial charge in [-0.2, -0.15) is 0 Å². The van der Waals surface area contributed by atoms with Crippen molar-refractivity contribution in [1.29, 1.82) is 0 Å². The normalized spacial score (nSPS) is 15.9. The van der Waals surface area contributed by atoms with Gasteiger partial charge in [-0.25, -0.2) is 4.79 Å². The first-order valence-electron chi connectivity index (χ1n) is 6.68. The molecule has 0 aromatic carbocycles. The molecular weight excluding hydrogens is 296 g/mol. The Labute approximate surface area is 125 Å². The van der Waals surface area contributed by atoms with E-state index in [-0.39, 0.29) is 17.3 Å². The summed E-state index contributed by atoms with van der Waals surface area (Å²) in [5.74, 6) is -0.806. The summed E-state index contributed by atoms with van der Waals surface area (Å²) in [5, 5.41) is 13.1. The number of carbonyl (C=O) groups excluding carboxylic acids is 1. The fraction of sp³-hybridized carbons (Fsp3) is 0.583. The Morgan fingerprint density at radius 1 is 1.33 bits per heavy atom. The van der Waals surface area contributed by atoms with E-state index in [1.165, 1.54) is 0 Å². The zero-order chi connectivity index (χ0) is 15.2. The minimum absolute atomic E-state index is 0.123. The summed E-state index contributed by atoms with van der Waals surface area (Å²) in [7, 11) is 0. The van der Waals surface area contributed by atoms with Crippen molar-refractivity contribution in [3.8, 4) is 0 Å². The van der Waals surface area contributed by atoms with Crippen molar-refractivity contribution in [3.05, 3.63) is 20.7 Å². The number of aromatic amines is 1. The fourth-order valence-electron chi connectivity index (χ4n) is 2.11. The zero-order valence-electron chi connectivity index (χ0n) is 11.5. The number of carboxylic acids is 1. The maximum atomic E-state index is 12.0. The maximum absolute atomic E-state index is 12.0. The lowest BCUT2D eigenvalue weighted by molar-refractivity contribution is -0.137. The lowest BCUT2D eigenvalue weighted by Gasteiger charge is -2.34. The number of carboxylic acid groups (broad SMARTS) is 1. The SMILES string of the molecule is O=C(O)CCN1CCN(C(=O)NCc2csc(=O)[nH]2)CC1. The van der Waals surface area contributed by atoms with Crippen LogP contribution in [0.25, 0.3) is 0 Å². The van der Waals surface area contributed by atoms with Crippen LogP contribution >= 0.6 is 11.3 Å². The molecule has 116 valence electrons. The fourth-order valence-corrected chi connectivity index (χ4v) is 2.69. The number of aliphatic carboxylic acids is 1. The van der Waals surface area contributed by atoms with E-state index in [4.69, 9.17) is 5.11 Å². The van der Waals surface area contributed by atoms with Crippen LogP contribution in [0.15, 0.2) is 10.2 Å². The van der Waals surface area contributed by atoms with E-state index >= 15 is 0 Å². The molecule has 9 heteroatoms. The number of nitrogens with one attached hydrogen (secondary N) is 2. The molecule has 1 aromatic heterocycles. The summed E-state index contributed by atoms with van der Waals surface area (Å²) >= 11 is 1.07. The van der Waals surface area contributed by atoms with Crippen molar-refractivity contribution in [2.45, 2.75) is 13.0 Å². The highest BCUT2D eigenvalue weighted by molar-refractivity contribution is 7.07. The highest BCUT2D eigenvalue weighted by atomic mass is 32.1. The predicted molar refractivity (Wildman–Crippen MR) is 77.4 cm³/mol. The van der Waals surface area contributed by atoms with Crippen molar-refractivity contribution in [3.63, 3.8) is 0 Å². The van der Waals surface area contributed by atoms with Gasteiger partial charge < -0.3 is 20.3 Å². The number of piperazine rings is 1. The molecule has 0 atom stereocenters. The molecule has 0 radical (unpaired) electrons. The molecule has 1 aliphatic heterocycles. The zero-order valence-corrected chi connectivity index (χ0v) is 12.3. The van der Waals surface area contributed by atoms with Crippen LogP contribution in [0.4, 0.5) is 4.79 Å². The minimum atomic E-state index is -0.806. The molecule has 0 bridgehead atoms.